The van der Waals surface area contributed by atoms with Crippen LogP contribution in [0.5, 0.6) is 11.5 Å². The van der Waals surface area contributed by atoms with Crippen molar-refractivity contribution in [3.8, 4) is 22.8 Å². The van der Waals surface area contributed by atoms with Gasteiger partial charge in [0.2, 0.25) is 5.91 Å². The summed E-state index contributed by atoms with van der Waals surface area (Å²) in [5, 5.41) is 13.3. The van der Waals surface area contributed by atoms with Crippen molar-refractivity contribution in [1.82, 2.24) is 34.6 Å². The Labute approximate surface area is 294 Å². The minimum Gasteiger partial charge on any atom is -0.506 e. The third kappa shape index (κ3) is 7.36. The fraction of sp³-hybridized carbons (Fsp3) is 0.364. The Balaban J connectivity index is 1.13. The number of H-pyrrole nitrogens is 1. The van der Waals surface area contributed by atoms with Crippen LogP contribution in [0.4, 0.5) is 10.6 Å². The van der Waals surface area contributed by atoms with E-state index in [1.165, 1.54) is 6.33 Å². The lowest BCUT2D eigenvalue weighted by molar-refractivity contribution is -0.133. The van der Waals surface area contributed by atoms with Crippen LogP contribution in [0.3, 0.4) is 0 Å². The van der Waals surface area contributed by atoms with Crippen molar-refractivity contribution in [2.45, 2.75) is 31.3 Å². The molecule has 2 aromatic heterocycles. The molecule has 48 heavy (non-hydrogen) atoms. The maximum absolute atomic E-state index is 14.0. The molecule has 3 N–H and O–H groups in total. The van der Waals surface area contributed by atoms with E-state index in [9.17, 15) is 19.5 Å². The van der Waals surface area contributed by atoms with Gasteiger partial charge >= 0.3 is 11.7 Å². The summed E-state index contributed by atoms with van der Waals surface area (Å²) >= 11 is 6.75. The van der Waals surface area contributed by atoms with Crippen molar-refractivity contribution in [3.63, 3.8) is 0 Å². The molecule has 2 aliphatic heterocycles. The van der Waals surface area contributed by atoms with Gasteiger partial charge in [0.1, 0.15) is 18.1 Å². The molecule has 0 spiro atoms. The number of benzene rings is 2. The summed E-state index contributed by atoms with van der Waals surface area (Å²) in [7, 11) is 1.57. The number of aromatic amines is 1. The number of hydrogen-bond acceptors (Lipinski definition) is 8. The molecule has 0 aliphatic carbocycles. The molecule has 1 atom stereocenters. The van der Waals surface area contributed by atoms with Crippen molar-refractivity contribution in [2.75, 3.05) is 51.3 Å². The first-order valence-electron chi connectivity index (χ1n) is 15.7. The molecule has 2 saturated heterocycles. The van der Waals surface area contributed by atoms with Gasteiger partial charge in [-0.15, -0.1) is 0 Å². The first kappa shape index (κ1) is 33.5. The summed E-state index contributed by atoms with van der Waals surface area (Å²) in [5.74, 6) is 1.10. The van der Waals surface area contributed by atoms with E-state index in [-0.39, 0.29) is 35.8 Å². The average Bonchev–Trinajstić information content (AvgIpc) is 3.51. The fourth-order valence-corrected chi connectivity index (χ4v) is 7.54. The van der Waals surface area contributed by atoms with Crippen molar-refractivity contribution >= 4 is 49.6 Å². The zero-order valence-electron chi connectivity index (χ0n) is 26.3. The van der Waals surface area contributed by atoms with Crippen LogP contribution in [0.15, 0.2) is 74.9 Å². The molecule has 4 heterocycles. The van der Waals surface area contributed by atoms with Gasteiger partial charge in [-0.1, -0.05) is 30.3 Å². The van der Waals surface area contributed by atoms with Gasteiger partial charge in [0.15, 0.2) is 11.6 Å². The highest BCUT2D eigenvalue weighted by Gasteiger charge is 2.33. The van der Waals surface area contributed by atoms with E-state index < -0.39 is 6.04 Å². The molecular weight excluding hydrogens is 748 g/mol. The van der Waals surface area contributed by atoms with E-state index in [1.807, 2.05) is 36.5 Å². The predicted octanol–water partition coefficient (Wildman–Crippen LogP) is 4.18. The third-order valence-corrected chi connectivity index (χ3v) is 10.1. The summed E-state index contributed by atoms with van der Waals surface area (Å²) in [5.41, 5.74) is 2.27. The van der Waals surface area contributed by atoms with Crippen LogP contribution in [0.25, 0.3) is 11.3 Å². The third-order valence-electron chi connectivity index (χ3n) is 8.86. The Kier molecular flexibility index (Phi) is 10.3. The minimum atomic E-state index is -0.848. The topological polar surface area (TPSA) is 149 Å². The number of amides is 3. The van der Waals surface area contributed by atoms with Gasteiger partial charge < -0.3 is 34.8 Å². The number of phenols is 1. The quantitative estimate of drug-likeness (QED) is 0.241. The molecular formula is C33H36Br2N8O5. The molecule has 0 unspecified atom stereocenters. The SMILES string of the molecule is COc1cncnc1N1CCN(C(=O)[C@H](Cc2cc(Br)c(O)c(Br)c2)NC(=O)N2CCC(n3cc(-c4ccccc4)[nH]c3=O)CC2)CC1. The monoisotopic (exact) mass is 782 g/mol. The number of likely N-dealkylation sites (tertiary alicyclic amines) is 1. The van der Waals surface area contributed by atoms with Crippen molar-refractivity contribution in [2.24, 2.45) is 0 Å². The number of halogens is 2. The number of anilines is 1. The van der Waals surface area contributed by atoms with Crippen molar-refractivity contribution < 1.29 is 19.4 Å². The van der Waals surface area contributed by atoms with Gasteiger partial charge in [0.05, 0.1) is 27.9 Å². The Morgan fingerprint density at radius 1 is 1.04 bits per heavy atom. The van der Waals surface area contributed by atoms with E-state index in [0.717, 1.165) is 16.8 Å². The molecule has 6 rings (SSSR count). The smallest absolute Gasteiger partial charge is 0.326 e. The minimum absolute atomic E-state index is 0.0517. The summed E-state index contributed by atoms with van der Waals surface area (Å²) in [4.78, 5) is 57.3. The van der Waals surface area contributed by atoms with E-state index in [4.69, 9.17) is 4.74 Å². The number of aromatic nitrogens is 4. The van der Waals surface area contributed by atoms with E-state index >= 15 is 0 Å². The van der Waals surface area contributed by atoms with Crippen LogP contribution in [-0.4, -0.2) is 98.8 Å². The second-order valence-electron chi connectivity index (χ2n) is 11.8. The second-order valence-corrected chi connectivity index (χ2v) is 13.5. The number of aromatic hydroxyl groups is 1. The van der Waals surface area contributed by atoms with Gasteiger partial charge in [-0.05, 0) is 68.0 Å². The molecule has 2 aromatic carbocycles. The zero-order chi connectivity index (χ0) is 33.8. The molecule has 4 aromatic rings. The molecule has 0 radical (unpaired) electrons. The molecule has 15 heteroatoms. The maximum atomic E-state index is 14.0. The van der Waals surface area contributed by atoms with E-state index in [1.54, 1.807) is 39.8 Å². The lowest BCUT2D eigenvalue weighted by Crippen LogP contribution is -2.57. The first-order chi connectivity index (χ1) is 23.2. The number of rotatable bonds is 8. The first-order valence-corrected chi connectivity index (χ1v) is 17.3. The molecule has 2 fully saturated rings. The number of nitrogens with zero attached hydrogens (tertiary/aromatic N) is 6. The van der Waals surface area contributed by atoms with Crippen LogP contribution in [0.2, 0.25) is 0 Å². The standard InChI is InChI=1S/C33H36Br2N8O5/c1-48-28-18-36-20-37-30(28)40-11-13-41(14-12-40)31(45)26(17-21-15-24(34)29(44)25(35)16-21)38-32(46)42-9-7-23(8-10-42)43-19-27(39-33(43)47)22-5-3-2-4-6-22/h2-6,15-16,18-20,23,26,44H,7-14,17H2,1H3,(H,38,46)(H,39,47)/t26-/m0/s1. The van der Waals surface area contributed by atoms with E-state index in [0.29, 0.717) is 72.6 Å². The number of piperazine rings is 1. The Morgan fingerprint density at radius 3 is 2.40 bits per heavy atom. The molecule has 3 amide bonds. The summed E-state index contributed by atoms with van der Waals surface area (Å²) < 4.78 is 8.11. The number of piperidine rings is 1. The fourth-order valence-electron chi connectivity index (χ4n) is 6.26. The number of hydrogen-bond donors (Lipinski definition) is 3. The number of phenolic OH excluding ortho intramolecular Hbond substituents is 1. The van der Waals surface area contributed by atoms with Crippen LogP contribution >= 0.6 is 31.9 Å². The number of urea groups is 1. The van der Waals surface area contributed by atoms with Crippen LogP contribution < -0.4 is 20.6 Å². The lowest BCUT2D eigenvalue weighted by atomic mass is 10.0. The number of ether oxygens (including phenoxy) is 1. The number of imidazole rings is 1. The average molecular weight is 785 g/mol. The number of methoxy groups -OCH3 is 1. The molecule has 0 saturated carbocycles. The summed E-state index contributed by atoms with van der Waals surface area (Å²) in [6, 6.07) is 11.9. The highest BCUT2D eigenvalue weighted by Crippen LogP contribution is 2.34. The van der Waals surface area contributed by atoms with Gasteiger partial charge in [-0.3, -0.25) is 9.36 Å². The second kappa shape index (κ2) is 14.8. The van der Waals surface area contributed by atoms with Crippen LogP contribution in [0, 0.1) is 0 Å². The summed E-state index contributed by atoms with van der Waals surface area (Å²) in [6.07, 6.45) is 6.35. The van der Waals surface area contributed by atoms with Crippen molar-refractivity contribution in [1.29, 1.82) is 0 Å². The van der Waals surface area contributed by atoms with Gasteiger partial charge in [-0.2, -0.15) is 0 Å². The molecule has 2 aliphatic rings. The normalized spacial score (nSPS) is 16.1. The lowest BCUT2D eigenvalue weighted by Gasteiger charge is -2.38. The number of nitrogens with one attached hydrogen (secondary N) is 2. The van der Waals surface area contributed by atoms with Crippen molar-refractivity contribution in [3.05, 3.63) is 86.2 Å². The Bertz CT molecular complexity index is 1790. The molecule has 0 bridgehead atoms. The van der Waals surface area contributed by atoms with Crippen LogP contribution in [0.1, 0.15) is 24.4 Å². The van der Waals surface area contributed by atoms with Gasteiger partial charge in [-0.25, -0.2) is 19.6 Å². The highest BCUT2D eigenvalue weighted by molar-refractivity contribution is 9.11. The molecule has 13 nitrogen and oxygen atoms in total. The largest absolute Gasteiger partial charge is 0.506 e. The molecule has 252 valence electrons. The van der Waals surface area contributed by atoms with Gasteiger partial charge in [0.25, 0.3) is 0 Å². The Morgan fingerprint density at radius 2 is 1.73 bits per heavy atom. The van der Waals surface area contributed by atoms with E-state index in [2.05, 4.69) is 57.0 Å². The number of carbonyl (C=O) groups excluding carboxylic acids is 2. The predicted molar refractivity (Wildman–Crippen MR) is 187 cm³/mol. The zero-order valence-corrected chi connectivity index (χ0v) is 29.5. The van der Waals surface area contributed by atoms with Crippen LogP contribution in [-0.2, 0) is 11.2 Å². The highest BCUT2D eigenvalue weighted by atomic mass is 79.9. The van der Waals surface area contributed by atoms with Gasteiger partial charge in [0, 0.05) is 57.9 Å². The summed E-state index contributed by atoms with van der Waals surface area (Å²) in [6.45, 7) is 2.81. The Hall–Kier alpha value is -4.37. The maximum Gasteiger partial charge on any atom is 0.326 e. The number of carbonyl (C=O) groups is 2.